The van der Waals surface area contributed by atoms with Gasteiger partial charge in [-0.05, 0) is 41.5 Å². The van der Waals surface area contributed by atoms with Gasteiger partial charge in [-0.1, -0.05) is 12.1 Å². The Kier molecular flexibility index (Phi) is 3.48. The zero-order valence-electron chi connectivity index (χ0n) is 10.3. The van der Waals surface area contributed by atoms with Crippen LogP contribution in [0.25, 0.3) is 11.1 Å². The van der Waals surface area contributed by atoms with Crippen LogP contribution >= 0.6 is 0 Å². The van der Waals surface area contributed by atoms with E-state index >= 15 is 0 Å². The van der Waals surface area contributed by atoms with Crippen LogP contribution in [0.1, 0.15) is 15.9 Å². The second kappa shape index (κ2) is 5.23. The van der Waals surface area contributed by atoms with Crippen molar-refractivity contribution in [2.75, 3.05) is 7.11 Å². The minimum absolute atomic E-state index is 0.148. The number of hydrogen-bond acceptors (Lipinski definition) is 3. The van der Waals surface area contributed by atoms with Gasteiger partial charge in [0.25, 0.3) is 0 Å². The molecular weight excluding hydrogens is 242 g/mol. The van der Waals surface area contributed by atoms with Gasteiger partial charge in [-0.25, -0.2) is 4.79 Å². The fraction of sp³-hybridized carbons (Fsp3) is 0.0667. The molecule has 0 unspecified atom stereocenters. The molecule has 0 radical (unpaired) electrons. The molecule has 2 aromatic carbocycles. The first-order valence-electron chi connectivity index (χ1n) is 5.57. The highest BCUT2D eigenvalue weighted by Crippen LogP contribution is 2.28. The Hall–Kier alpha value is -2.80. The van der Waals surface area contributed by atoms with Crippen molar-refractivity contribution in [3.63, 3.8) is 0 Å². The predicted molar refractivity (Wildman–Crippen MR) is 70.1 cm³/mol. The summed E-state index contributed by atoms with van der Waals surface area (Å²) in [6.45, 7) is 0. The number of carboxylic acids is 1. The van der Waals surface area contributed by atoms with Gasteiger partial charge in [-0.15, -0.1) is 0 Å². The van der Waals surface area contributed by atoms with Gasteiger partial charge in [0.15, 0.2) is 0 Å². The zero-order chi connectivity index (χ0) is 13.8. The summed E-state index contributed by atoms with van der Waals surface area (Å²) in [6.07, 6.45) is 0. The molecule has 0 fully saturated rings. The fourth-order valence-corrected chi connectivity index (χ4v) is 1.84. The maximum atomic E-state index is 11.3. The molecule has 2 aromatic rings. The molecule has 2 rings (SSSR count). The van der Waals surface area contributed by atoms with Gasteiger partial charge in [0, 0.05) is 0 Å². The number of rotatable bonds is 3. The van der Waals surface area contributed by atoms with E-state index in [-0.39, 0.29) is 5.56 Å². The molecule has 0 amide bonds. The van der Waals surface area contributed by atoms with Crippen LogP contribution in [-0.4, -0.2) is 18.2 Å². The number of benzene rings is 2. The number of ether oxygens (including phenoxy) is 1. The first-order valence-corrected chi connectivity index (χ1v) is 5.57. The minimum Gasteiger partial charge on any atom is -0.497 e. The van der Waals surface area contributed by atoms with Crippen molar-refractivity contribution in [2.45, 2.75) is 0 Å². The summed E-state index contributed by atoms with van der Waals surface area (Å²) in [5, 5.41) is 18.1. The summed E-state index contributed by atoms with van der Waals surface area (Å²) >= 11 is 0. The summed E-state index contributed by atoms with van der Waals surface area (Å²) in [5.41, 5.74) is 1.89. The van der Waals surface area contributed by atoms with Crippen molar-refractivity contribution in [3.05, 3.63) is 53.6 Å². The second-order valence-corrected chi connectivity index (χ2v) is 3.91. The van der Waals surface area contributed by atoms with E-state index in [0.29, 0.717) is 22.4 Å². The highest BCUT2D eigenvalue weighted by Gasteiger charge is 2.13. The number of nitrogens with zero attached hydrogens (tertiary/aromatic N) is 1. The van der Waals surface area contributed by atoms with Crippen LogP contribution in [-0.2, 0) is 0 Å². The topological polar surface area (TPSA) is 70.3 Å². The lowest BCUT2D eigenvalue weighted by Crippen LogP contribution is -2.00. The lowest BCUT2D eigenvalue weighted by molar-refractivity contribution is 0.0697. The van der Waals surface area contributed by atoms with Crippen LogP contribution in [0.3, 0.4) is 0 Å². The Morgan fingerprint density at radius 2 is 2.05 bits per heavy atom. The summed E-state index contributed by atoms with van der Waals surface area (Å²) < 4.78 is 5.03. The van der Waals surface area contributed by atoms with Gasteiger partial charge >= 0.3 is 5.97 Å². The standard InChI is InChI=1S/C15H11NO3/c1-19-12-5-6-13(14(8-12)15(17)18)11-4-2-3-10(7-11)9-16/h2-8H,1H3,(H,17,18). The lowest BCUT2D eigenvalue weighted by atomic mass is 9.98. The molecule has 0 bridgehead atoms. The summed E-state index contributed by atoms with van der Waals surface area (Å²) in [5.74, 6) is -0.547. The first kappa shape index (κ1) is 12.7. The van der Waals surface area contributed by atoms with Crippen molar-refractivity contribution in [3.8, 4) is 22.9 Å². The largest absolute Gasteiger partial charge is 0.497 e. The zero-order valence-corrected chi connectivity index (χ0v) is 10.3. The maximum absolute atomic E-state index is 11.3. The second-order valence-electron chi connectivity index (χ2n) is 3.91. The van der Waals surface area contributed by atoms with Gasteiger partial charge in [-0.3, -0.25) is 0 Å². The van der Waals surface area contributed by atoms with Crippen LogP contribution in [0.5, 0.6) is 5.75 Å². The Labute approximate surface area is 110 Å². The third-order valence-electron chi connectivity index (χ3n) is 2.76. The van der Waals surface area contributed by atoms with Gasteiger partial charge in [0.05, 0.1) is 24.3 Å². The molecule has 0 atom stereocenters. The van der Waals surface area contributed by atoms with Crippen molar-refractivity contribution in [1.82, 2.24) is 0 Å². The Morgan fingerprint density at radius 3 is 2.68 bits per heavy atom. The number of hydrogen-bond donors (Lipinski definition) is 1. The molecule has 4 nitrogen and oxygen atoms in total. The molecule has 0 spiro atoms. The van der Waals surface area contributed by atoms with E-state index in [2.05, 4.69) is 0 Å². The van der Waals surface area contributed by atoms with Crippen molar-refractivity contribution < 1.29 is 14.6 Å². The lowest BCUT2D eigenvalue weighted by Gasteiger charge is -2.08. The fourth-order valence-electron chi connectivity index (χ4n) is 1.84. The number of nitriles is 1. The Bertz CT molecular complexity index is 671. The average Bonchev–Trinajstić information content (AvgIpc) is 2.46. The smallest absolute Gasteiger partial charge is 0.336 e. The molecule has 0 saturated heterocycles. The molecule has 19 heavy (non-hydrogen) atoms. The third kappa shape index (κ3) is 2.55. The molecule has 94 valence electrons. The van der Waals surface area contributed by atoms with Crippen LogP contribution in [0.15, 0.2) is 42.5 Å². The molecule has 0 aliphatic carbocycles. The van der Waals surface area contributed by atoms with E-state index in [0.717, 1.165) is 0 Å². The van der Waals surface area contributed by atoms with Crippen molar-refractivity contribution in [2.24, 2.45) is 0 Å². The summed E-state index contributed by atoms with van der Waals surface area (Å²) in [6, 6.07) is 13.7. The Morgan fingerprint density at radius 1 is 1.26 bits per heavy atom. The van der Waals surface area contributed by atoms with Gasteiger partial charge in [0.1, 0.15) is 5.75 Å². The average molecular weight is 253 g/mol. The summed E-state index contributed by atoms with van der Waals surface area (Å²) in [4.78, 5) is 11.3. The monoisotopic (exact) mass is 253 g/mol. The molecule has 1 N–H and O–H groups in total. The normalized spacial score (nSPS) is 9.68. The number of carboxylic acid groups (broad SMARTS) is 1. The predicted octanol–water partition coefficient (Wildman–Crippen LogP) is 2.93. The number of carbonyl (C=O) groups is 1. The van der Waals surface area contributed by atoms with E-state index in [1.54, 1.807) is 36.4 Å². The van der Waals surface area contributed by atoms with E-state index < -0.39 is 5.97 Å². The van der Waals surface area contributed by atoms with E-state index in [4.69, 9.17) is 10.00 Å². The van der Waals surface area contributed by atoms with Crippen molar-refractivity contribution >= 4 is 5.97 Å². The van der Waals surface area contributed by atoms with Crippen LogP contribution in [0, 0.1) is 11.3 Å². The van der Waals surface area contributed by atoms with E-state index in [1.807, 2.05) is 6.07 Å². The van der Waals surface area contributed by atoms with Gasteiger partial charge in [0.2, 0.25) is 0 Å². The van der Waals surface area contributed by atoms with E-state index in [1.165, 1.54) is 13.2 Å². The molecule has 0 saturated carbocycles. The minimum atomic E-state index is -1.03. The number of aromatic carboxylic acids is 1. The van der Waals surface area contributed by atoms with Crippen LogP contribution in [0.4, 0.5) is 0 Å². The molecule has 4 heteroatoms. The maximum Gasteiger partial charge on any atom is 0.336 e. The van der Waals surface area contributed by atoms with E-state index in [9.17, 15) is 9.90 Å². The molecule has 0 heterocycles. The highest BCUT2D eigenvalue weighted by molar-refractivity contribution is 5.96. The third-order valence-corrected chi connectivity index (χ3v) is 2.76. The quantitative estimate of drug-likeness (QED) is 0.912. The number of methoxy groups -OCH3 is 1. The molecule has 0 aromatic heterocycles. The van der Waals surface area contributed by atoms with Crippen molar-refractivity contribution in [1.29, 1.82) is 5.26 Å². The van der Waals surface area contributed by atoms with Crippen LogP contribution < -0.4 is 4.74 Å². The first-order chi connectivity index (χ1) is 9.15. The molecule has 0 aliphatic heterocycles. The Balaban J connectivity index is 2.61. The van der Waals surface area contributed by atoms with Crippen LogP contribution in [0.2, 0.25) is 0 Å². The SMILES string of the molecule is COc1ccc(-c2cccc(C#N)c2)c(C(=O)O)c1. The van der Waals surface area contributed by atoms with Gasteiger partial charge in [-0.2, -0.15) is 5.26 Å². The highest BCUT2D eigenvalue weighted by atomic mass is 16.5. The molecule has 0 aliphatic rings. The molecular formula is C15H11NO3. The summed E-state index contributed by atoms with van der Waals surface area (Å²) in [7, 11) is 1.48. The van der Waals surface area contributed by atoms with Gasteiger partial charge < -0.3 is 9.84 Å².